The first-order valence-electron chi connectivity index (χ1n) is 7.40. The van der Waals surface area contributed by atoms with E-state index in [1.54, 1.807) is 24.4 Å². The zero-order chi connectivity index (χ0) is 16.2. The molecule has 0 amide bonds. The van der Waals surface area contributed by atoms with Gasteiger partial charge in [-0.25, -0.2) is 9.97 Å². The number of oxazole rings is 1. The van der Waals surface area contributed by atoms with Crippen LogP contribution >= 0.6 is 0 Å². The van der Waals surface area contributed by atoms with Crippen LogP contribution in [0.2, 0.25) is 0 Å². The van der Waals surface area contributed by atoms with Gasteiger partial charge in [-0.2, -0.15) is 0 Å². The molecule has 2 heterocycles. The van der Waals surface area contributed by atoms with Gasteiger partial charge in [-0.05, 0) is 24.3 Å². The van der Waals surface area contributed by atoms with Crippen molar-refractivity contribution in [3.05, 3.63) is 36.5 Å². The summed E-state index contributed by atoms with van der Waals surface area (Å²) in [7, 11) is 3.87. The van der Waals surface area contributed by atoms with Crippen LogP contribution in [0.4, 0.5) is 10.2 Å². The molecule has 0 bridgehead atoms. The molecule has 0 saturated carbocycles. The van der Waals surface area contributed by atoms with Crippen LogP contribution in [0.5, 0.6) is 5.75 Å². The number of pyridine rings is 1. The number of hydrogen-bond donors (Lipinski definition) is 0. The molecule has 3 aromatic rings. The topological polar surface area (TPSA) is 51.4 Å². The van der Waals surface area contributed by atoms with Crippen LogP contribution in [0.15, 0.2) is 40.9 Å². The highest BCUT2D eigenvalue weighted by molar-refractivity contribution is 5.77. The minimum absolute atomic E-state index is 0.350. The number of aromatic nitrogens is 2. The number of benzene rings is 1. The Kier molecular flexibility index (Phi) is 4.41. The van der Waals surface area contributed by atoms with E-state index in [2.05, 4.69) is 9.97 Å². The Morgan fingerprint density at radius 1 is 1.22 bits per heavy atom. The van der Waals surface area contributed by atoms with E-state index in [-0.39, 0.29) is 6.67 Å². The molecule has 0 fully saturated rings. The van der Waals surface area contributed by atoms with Crippen molar-refractivity contribution in [2.75, 3.05) is 32.3 Å². The molecular weight excluding hydrogens is 297 g/mol. The number of alkyl halides is 1. The van der Waals surface area contributed by atoms with Crippen molar-refractivity contribution < 1.29 is 13.5 Å². The largest absolute Gasteiger partial charge is 0.493 e. The van der Waals surface area contributed by atoms with Gasteiger partial charge in [-0.3, -0.25) is 4.39 Å². The Morgan fingerprint density at radius 2 is 2.09 bits per heavy atom. The van der Waals surface area contributed by atoms with Crippen molar-refractivity contribution in [2.45, 2.75) is 6.42 Å². The van der Waals surface area contributed by atoms with Crippen molar-refractivity contribution in [3.8, 4) is 17.2 Å². The fourth-order valence-corrected chi connectivity index (χ4v) is 2.14. The average Bonchev–Trinajstić information content (AvgIpc) is 2.98. The van der Waals surface area contributed by atoms with Gasteiger partial charge in [0.2, 0.25) is 5.89 Å². The summed E-state index contributed by atoms with van der Waals surface area (Å²) in [6.45, 7) is -0.0328. The zero-order valence-electron chi connectivity index (χ0n) is 13.1. The molecule has 1 aromatic carbocycles. The van der Waals surface area contributed by atoms with Gasteiger partial charge in [0.1, 0.15) is 17.1 Å². The predicted molar refractivity (Wildman–Crippen MR) is 87.7 cm³/mol. The van der Waals surface area contributed by atoms with Crippen LogP contribution in [0.25, 0.3) is 22.6 Å². The molecule has 0 atom stereocenters. The van der Waals surface area contributed by atoms with E-state index < -0.39 is 0 Å². The molecule has 5 nitrogen and oxygen atoms in total. The standard InChI is InChI=1S/C17H18FN3O2/c1-21(2)16-7-4-12(11-19-16)17-20-14-10-13(22-9-3-8-18)5-6-15(14)23-17/h4-7,10-11H,3,8-9H2,1-2H3. The van der Waals surface area contributed by atoms with Gasteiger partial charge in [0.15, 0.2) is 5.58 Å². The van der Waals surface area contributed by atoms with Crippen molar-refractivity contribution >= 4 is 16.9 Å². The number of halogens is 1. The summed E-state index contributed by atoms with van der Waals surface area (Å²) in [5.41, 5.74) is 2.19. The highest BCUT2D eigenvalue weighted by Crippen LogP contribution is 2.27. The number of anilines is 1. The summed E-state index contributed by atoms with van der Waals surface area (Å²) in [6, 6.07) is 9.23. The molecule has 0 saturated heterocycles. The summed E-state index contributed by atoms with van der Waals surface area (Å²) in [4.78, 5) is 10.8. The van der Waals surface area contributed by atoms with Crippen LogP contribution in [-0.4, -0.2) is 37.3 Å². The Labute approximate surface area is 133 Å². The first kappa shape index (κ1) is 15.3. The highest BCUT2D eigenvalue weighted by Gasteiger charge is 2.10. The maximum absolute atomic E-state index is 12.1. The maximum Gasteiger partial charge on any atom is 0.228 e. The van der Waals surface area contributed by atoms with Crippen LogP contribution in [0, 0.1) is 0 Å². The van der Waals surface area contributed by atoms with Gasteiger partial charge in [0.25, 0.3) is 0 Å². The molecule has 120 valence electrons. The monoisotopic (exact) mass is 315 g/mol. The minimum Gasteiger partial charge on any atom is -0.493 e. The smallest absolute Gasteiger partial charge is 0.228 e. The SMILES string of the molecule is CN(C)c1ccc(-c2nc3cc(OCCCF)ccc3o2)cn1. The lowest BCUT2D eigenvalue weighted by molar-refractivity contribution is 0.290. The van der Waals surface area contributed by atoms with Crippen molar-refractivity contribution in [2.24, 2.45) is 0 Å². The van der Waals surface area contributed by atoms with Crippen LogP contribution < -0.4 is 9.64 Å². The second-order valence-electron chi connectivity index (χ2n) is 5.34. The molecule has 0 radical (unpaired) electrons. The number of rotatable bonds is 6. The molecular formula is C17H18FN3O2. The van der Waals surface area contributed by atoms with Gasteiger partial charge >= 0.3 is 0 Å². The first-order valence-corrected chi connectivity index (χ1v) is 7.40. The number of ether oxygens (including phenoxy) is 1. The van der Waals surface area contributed by atoms with E-state index in [4.69, 9.17) is 9.15 Å². The van der Waals surface area contributed by atoms with Gasteiger partial charge in [-0.15, -0.1) is 0 Å². The third-order valence-corrected chi connectivity index (χ3v) is 3.36. The summed E-state index contributed by atoms with van der Waals surface area (Å²) in [5.74, 6) is 2.04. The van der Waals surface area contributed by atoms with Crippen molar-refractivity contribution in [1.29, 1.82) is 0 Å². The number of nitrogens with zero attached hydrogens (tertiary/aromatic N) is 3. The van der Waals surface area contributed by atoms with Crippen LogP contribution in [0.1, 0.15) is 6.42 Å². The zero-order valence-corrected chi connectivity index (χ0v) is 13.1. The molecule has 23 heavy (non-hydrogen) atoms. The summed E-state index contributed by atoms with van der Waals surface area (Å²) < 4.78 is 23.3. The third-order valence-electron chi connectivity index (χ3n) is 3.36. The Balaban J connectivity index is 1.84. The molecule has 3 rings (SSSR count). The van der Waals surface area contributed by atoms with Gasteiger partial charge in [0.05, 0.1) is 18.8 Å². The summed E-state index contributed by atoms with van der Waals surface area (Å²) >= 11 is 0. The lowest BCUT2D eigenvalue weighted by Crippen LogP contribution is -2.09. The molecule has 2 aromatic heterocycles. The molecule has 0 unspecified atom stereocenters. The average molecular weight is 315 g/mol. The van der Waals surface area contributed by atoms with Crippen molar-refractivity contribution in [1.82, 2.24) is 9.97 Å². The molecule has 0 N–H and O–H groups in total. The molecule has 0 aliphatic rings. The predicted octanol–water partition coefficient (Wildman–Crippen LogP) is 3.69. The van der Waals surface area contributed by atoms with E-state index >= 15 is 0 Å². The fourth-order valence-electron chi connectivity index (χ4n) is 2.14. The number of fused-ring (bicyclic) bond motifs is 1. The van der Waals surface area contributed by atoms with Crippen molar-refractivity contribution in [3.63, 3.8) is 0 Å². The summed E-state index contributed by atoms with van der Waals surface area (Å²) in [5, 5.41) is 0. The lowest BCUT2D eigenvalue weighted by Gasteiger charge is -2.10. The van der Waals surface area contributed by atoms with E-state index in [9.17, 15) is 4.39 Å². The van der Waals surface area contributed by atoms with Gasteiger partial charge < -0.3 is 14.1 Å². The van der Waals surface area contributed by atoms with Gasteiger partial charge in [-0.1, -0.05) is 0 Å². The number of hydrogen-bond acceptors (Lipinski definition) is 5. The normalized spacial score (nSPS) is 10.9. The Morgan fingerprint density at radius 3 is 2.78 bits per heavy atom. The van der Waals surface area contributed by atoms with Crippen LogP contribution in [-0.2, 0) is 0 Å². The van der Waals surface area contributed by atoms with Crippen LogP contribution in [0.3, 0.4) is 0 Å². The third kappa shape index (κ3) is 3.41. The van der Waals surface area contributed by atoms with E-state index in [1.807, 2.05) is 31.1 Å². The minimum atomic E-state index is -0.383. The van der Waals surface area contributed by atoms with Gasteiger partial charge in [0, 0.05) is 32.8 Å². The fraction of sp³-hybridized carbons (Fsp3) is 0.294. The Bertz CT molecular complexity index is 784. The first-order chi connectivity index (χ1) is 11.2. The quantitative estimate of drug-likeness (QED) is 0.649. The van der Waals surface area contributed by atoms with E-state index in [1.165, 1.54) is 0 Å². The second kappa shape index (κ2) is 6.64. The van der Waals surface area contributed by atoms with E-state index in [0.29, 0.717) is 35.8 Å². The highest BCUT2D eigenvalue weighted by atomic mass is 19.1. The maximum atomic E-state index is 12.1. The molecule has 0 aliphatic carbocycles. The molecule has 0 spiro atoms. The van der Waals surface area contributed by atoms with E-state index in [0.717, 1.165) is 11.4 Å². The summed E-state index contributed by atoms with van der Waals surface area (Å²) in [6.07, 6.45) is 2.12. The molecule has 6 heteroatoms. The Hall–Kier alpha value is -2.63. The molecule has 0 aliphatic heterocycles. The second-order valence-corrected chi connectivity index (χ2v) is 5.34. The lowest BCUT2D eigenvalue weighted by atomic mass is 10.3.